The number of benzene rings is 3. The molecule has 4 heterocycles. The number of amides is 4. The summed E-state index contributed by atoms with van der Waals surface area (Å²) in [6.07, 6.45) is 2.00. The van der Waals surface area contributed by atoms with E-state index >= 15 is 4.39 Å². The van der Waals surface area contributed by atoms with Crippen molar-refractivity contribution < 1.29 is 37.8 Å². The number of phenolic OH excluding ortho intramolecular Hbond substituents is 1. The maximum atomic E-state index is 15.5. The van der Waals surface area contributed by atoms with Gasteiger partial charge in [0.15, 0.2) is 5.82 Å². The van der Waals surface area contributed by atoms with Crippen molar-refractivity contribution >= 4 is 67.8 Å². The molecule has 1 unspecified atom stereocenters. The second kappa shape index (κ2) is 12.7. The SMILES string of the molecule is CCn1c(=O)n(C2CCC(=O)NC2=O)c2ccc(C3CCN(CC(=O)Nc4ccc5c(F)c(N6CC(=O)NS6(O)O)c(O)cc5c4)CC3)cc21. The zero-order chi connectivity index (χ0) is 35.5. The summed E-state index contributed by atoms with van der Waals surface area (Å²) in [7, 11) is -3.84. The fraction of sp³-hybridized carbons (Fsp3) is 0.364. The van der Waals surface area contributed by atoms with Crippen LogP contribution in [-0.4, -0.2) is 78.1 Å². The molecule has 0 radical (unpaired) electrons. The Hall–Kier alpha value is -4.97. The molecule has 264 valence electrons. The number of fused-ring (bicyclic) bond motifs is 2. The summed E-state index contributed by atoms with van der Waals surface area (Å²) in [5.74, 6) is -3.15. The number of aromatic hydroxyl groups is 1. The fourth-order valence-corrected chi connectivity index (χ4v) is 8.44. The number of piperidine rings is 2. The van der Waals surface area contributed by atoms with Crippen molar-refractivity contribution in [3.8, 4) is 5.75 Å². The first-order valence-corrected chi connectivity index (χ1v) is 17.8. The fourth-order valence-electron chi connectivity index (χ4n) is 7.23. The van der Waals surface area contributed by atoms with Crippen LogP contribution in [0.4, 0.5) is 15.8 Å². The lowest BCUT2D eigenvalue weighted by Gasteiger charge is -2.36. The summed E-state index contributed by atoms with van der Waals surface area (Å²) in [5, 5.41) is 16.0. The molecule has 6 N–H and O–H groups in total. The summed E-state index contributed by atoms with van der Waals surface area (Å²) in [6, 6.07) is 10.7. The minimum Gasteiger partial charge on any atom is -0.506 e. The largest absolute Gasteiger partial charge is 0.506 e. The van der Waals surface area contributed by atoms with Crippen LogP contribution in [0.2, 0.25) is 0 Å². The highest BCUT2D eigenvalue weighted by molar-refractivity contribution is 8.24. The number of imidazole rings is 1. The van der Waals surface area contributed by atoms with Gasteiger partial charge in [-0.3, -0.25) is 47.6 Å². The molecule has 17 heteroatoms. The number of hydrogen-bond donors (Lipinski definition) is 6. The minimum absolute atomic E-state index is 0.0501. The second-order valence-corrected chi connectivity index (χ2v) is 14.5. The van der Waals surface area contributed by atoms with E-state index in [1.165, 1.54) is 28.8 Å². The van der Waals surface area contributed by atoms with Gasteiger partial charge in [0.25, 0.3) is 5.91 Å². The van der Waals surface area contributed by atoms with E-state index in [4.69, 9.17) is 0 Å². The molecule has 0 spiro atoms. The lowest BCUT2D eigenvalue weighted by Crippen LogP contribution is -2.44. The quantitative estimate of drug-likeness (QED) is 0.155. The van der Waals surface area contributed by atoms with Gasteiger partial charge in [-0.15, -0.1) is 0 Å². The number of halogens is 1. The smallest absolute Gasteiger partial charge is 0.329 e. The lowest BCUT2D eigenvalue weighted by molar-refractivity contribution is -0.135. The predicted octanol–water partition coefficient (Wildman–Crippen LogP) is 3.13. The van der Waals surface area contributed by atoms with Gasteiger partial charge in [0.2, 0.25) is 17.7 Å². The summed E-state index contributed by atoms with van der Waals surface area (Å²) < 4.78 is 41.5. The van der Waals surface area contributed by atoms with Crippen molar-refractivity contribution in [3.63, 3.8) is 0 Å². The number of likely N-dealkylation sites (tertiary alicyclic amines) is 1. The molecule has 1 atom stereocenters. The Balaban J connectivity index is 1.00. The van der Waals surface area contributed by atoms with Gasteiger partial charge in [0.1, 0.15) is 24.0 Å². The van der Waals surface area contributed by atoms with Crippen LogP contribution in [0.1, 0.15) is 50.1 Å². The molecule has 50 heavy (non-hydrogen) atoms. The Labute approximate surface area is 286 Å². The van der Waals surface area contributed by atoms with Crippen LogP contribution in [0.15, 0.2) is 47.3 Å². The van der Waals surface area contributed by atoms with Gasteiger partial charge < -0.3 is 10.4 Å². The van der Waals surface area contributed by atoms with E-state index in [1.807, 2.05) is 34.7 Å². The first-order chi connectivity index (χ1) is 23.8. The zero-order valence-electron chi connectivity index (χ0n) is 27.0. The number of anilines is 2. The number of carbonyl (C=O) groups is 4. The maximum Gasteiger partial charge on any atom is 0.329 e. The molecular weight excluding hydrogens is 673 g/mol. The molecule has 15 nitrogen and oxygen atoms in total. The number of phenols is 1. The van der Waals surface area contributed by atoms with Crippen molar-refractivity contribution in [2.75, 3.05) is 35.8 Å². The van der Waals surface area contributed by atoms with Crippen molar-refractivity contribution in [1.82, 2.24) is 24.1 Å². The number of nitrogens with zero attached hydrogens (tertiary/aromatic N) is 4. The van der Waals surface area contributed by atoms with Gasteiger partial charge in [-0.05, 0) is 104 Å². The highest BCUT2D eigenvalue weighted by Gasteiger charge is 2.38. The molecule has 3 saturated heterocycles. The van der Waals surface area contributed by atoms with Crippen molar-refractivity contribution in [1.29, 1.82) is 0 Å². The van der Waals surface area contributed by atoms with Crippen LogP contribution in [-0.2, 0) is 25.7 Å². The number of aromatic nitrogens is 2. The third-order valence-corrected chi connectivity index (χ3v) is 11.1. The number of hydrogen-bond acceptors (Lipinski definition) is 10. The Morgan fingerprint density at radius 2 is 1.76 bits per heavy atom. The summed E-state index contributed by atoms with van der Waals surface area (Å²) >= 11 is 0. The normalized spacial score (nSPS) is 20.7. The van der Waals surface area contributed by atoms with Crippen molar-refractivity contribution in [2.24, 2.45) is 0 Å². The van der Waals surface area contributed by atoms with Gasteiger partial charge in [-0.2, -0.15) is 0 Å². The molecular formula is C33H36FN7O8S. The van der Waals surface area contributed by atoms with Crippen LogP contribution in [0.5, 0.6) is 5.75 Å². The van der Waals surface area contributed by atoms with Gasteiger partial charge in [-0.25, -0.2) is 18.2 Å². The summed E-state index contributed by atoms with van der Waals surface area (Å²) in [5.41, 5.74) is 2.03. The van der Waals surface area contributed by atoms with E-state index in [9.17, 15) is 38.2 Å². The maximum absolute atomic E-state index is 15.5. The molecule has 7 rings (SSSR count). The topological polar surface area (TPSA) is 198 Å². The van der Waals surface area contributed by atoms with Crippen LogP contribution < -0.4 is 25.4 Å². The first kappa shape index (κ1) is 33.5. The lowest BCUT2D eigenvalue weighted by atomic mass is 9.89. The van der Waals surface area contributed by atoms with Crippen molar-refractivity contribution in [3.05, 3.63) is 64.3 Å². The molecule has 3 fully saturated rings. The zero-order valence-corrected chi connectivity index (χ0v) is 27.8. The molecule has 0 aliphatic carbocycles. The standard InChI is InChI=1S/C33H36FN7O8S/c1-2-39-25-14-19(3-6-23(25)41(33(39)47)24-7-8-27(43)36-32(24)46)18-9-11-38(12-10-18)16-28(44)35-21-4-5-22-20(13-21)15-26(42)31(30(22)34)40-17-29(45)37-50(40,48)49/h3-6,13-15,18,24,42,48-49H,2,7-12,16-17H2,1H3,(H,35,44)(H,37,45)(H,36,43,46). The molecule has 0 bridgehead atoms. The Morgan fingerprint density at radius 1 is 1.00 bits per heavy atom. The van der Waals surface area contributed by atoms with E-state index in [0.717, 1.165) is 23.9 Å². The molecule has 3 aliphatic rings. The average Bonchev–Trinajstić information content (AvgIpc) is 3.50. The first-order valence-electron chi connectivity index (χ1n) is 16.3. The number of aryl methyl sites for hydroxylation is 1. The second-order valence-electron chi connectivity index (χ2n) is 12.8. The number of carbonyl (C=O) groups excluding carboxylic acids is 4. The third kappa shape index (κ3) is 5.95. The Kier molecular flexibility index (Phi) is 8.53. The highest BCUT2D eigenvalue weighted by atomic mass is 32.3. The van der Waals surface area contributed by atoms with E-state index in [2.05, 4.69) is 10.6 Å². The van der Waals surface area contributed by atoms with Gasteiger partial charge in [-0.1, -0.05) is 6.07 Å². The van der Waals surface area contributed by atoms with E-state index < -0.39 is 52.6 Å². The summed E-state index contributed by atoms with van der Waals surface area (Å²) in [4.78, 5) is 64.4. The molecule has 1 aromatic heterocycles. The van der Waals surface area contributed by atoms with E-state index in [0.29, 0.717) is 35.1 Å². The van der Waals surface area contributed by atoms with Gasteiger partial charge in [0.05, 0.1) is 17.6 Å². The summed E-state index contributed by atoms with van der Waals surface area (Å²) in [6.45, 7) is 3.19. The molecule has 3 aliphatic heterocycles. The Bertz CT molecular complexity index is 2140. The minimum atomic E-state index is -3.84. The molecule has 0 saturated carbocycles. The van der Waals surface area contributed by atoms with Crippen LogP contribution in [0, 0.1) is 5.82 Å². The molecule has 4 amide bonds. The van der Waals surface area contributed by atoms with Gasteiger partial charge in [0, 0.05) is 24.0 Å². The average molecular weight is 710 g/mol. The third-order valence-electron chi connectivity index (χ3n) is 9.66. The van der Waals surface area contributed by atoms with Crippen LogP contribution in [0.3, 0.4) is 0 Å². The van der Waals surface area contributed by atoms with Crippen LogP contribution >= 0.6 is 11.0 Å². The number of nitrogens with one attached hydrogen (secondary N) is 3. The van der Waals surface area contributed by atoms with Gasteiger partial charge >= 0.3 is 5.69 Å². The predicted molar refractivity (Wildman–Crippen MR) is 184 cm³/mol. The number of imide groups is 1. The monoisotopic (exact) mass is 709 g/mol. The molecule has 4 aromatic rings. The van der Waals surface area contributed by atoms with E-state index in [1.54, 1.807) is 4.57 Å². The Morgan fingerprint density at radius 3 is 2.44 bits per heavy atom. The molecule has 3 aromatic carbocycles. The van der Waals surface area contributed by atoms with Crippen molar-refractivity contribution in [2.45, 2.75) is 51.1 Å². The highest BCUT2D eigenvalue weighted by Crippen LogP contribution is 2.50. The number of rotatable bonds is 7. The van der Waals surface area contributed by atoms with E-state index in [-0.39, 0.29) is 53.6 Å². The van der Waals surface area contributed by atoms with Crippen LogP contribution in [0.25, 0.3) is 21.8 Å².